The number of benzene rings is 2. The maximum Gasteiger partial charge on any atom is 0.271 e. The fourth-order valence-corrected chi connectivity index (χ4v) is 4.28. The van der Waals surface area contributed by atoms with Gasteiger partial charge in [-0.1, -0.05) is 12.1 Å². The van der Waals surface area contributed by atoms with Gasteiger partial charge in [0.05, 0.1) is 33.4 Å². The van der Waals surface area contributed by atoms with Gasteiger partial charge < -0.3 is 14.2 Å². The minimum Gasteiger partial charge on any atom is -0.495 e. The number of sulfonamides is 1. The molecule has 0 saturated heterocycles. The number of methoxy groups -OCH3 is 3. The molecule has 31 heavy (non-hydrogen) atoms. The lowest BCUT2D eigenvalue weighted by atomic mass is 10.1. The summed E-state index contributed by atoms with van der Waals surface area (Å²) in [7, 11) is -0.646. The van der Waals surface area contributed by atoms with Gasteiger partial charge in [-0.05, 0) is 24.3 Å². The minimum absolute atomic E-state index is 0.0349. The van der Waals surface area contributed by atoms with Crippen LogP contribution in [0.3, 0.4) is 0 Å². The molecular weight excluding hydrogens is 429 g/mol. The quantitative estimate of drug-likeness (QED) is 0.562. The summed E-state index contributed by atoms with van der Waals surface area (Å²) in [6.45, 7) is 0.200. The van der Waals surface area contributed by atoms with E-state index in [0.29, 0.717) is 5.56 Å². The number of carbonyl (C=O) groups excluding carboxylic acids is 1. The number of amides is 1. The summed E-state index contributed by atoms with van der Waals surface area (Å²) in [5.41, 5.74) is -0.0759. The molecule has 0 atom stereocenters. The number of nitrogens with zero attached hydrogens (tertiary/aromatic N) is 2. The van der Waals surface area contributed by atoms with Gasteiger partial charge >= 0.3 is 0 Å². The van der Waals surface area contributed by atoms with E-state index in [1.54, 1.807) is 23.1 Å². The molecule has 1 amide bonds. The Morgan fingerprint density at radius 3 is 2.29 bits per heavy atom. The molecule has 3 aromatic rings. The number of ether oxygens (including phenoxy) is 3. The molecule has 164 valence electrons. The van der Waals surface area contributed by atoms with Crippen LogP contribution in [0.4, 0.5) is 4.39 Å². The van der Waals surface area contributed by atoms with Crippen LogP contribution in [0.5, 0.6) is 17.2 Å². The van der Waals surface area contributed by atoms with Crippen molar-refractivity contribution >= 4 is 15.9 Å². The summed E-state index contributed by atoms with van der Waals surface area (Å²) < 4.78 is 59.4. The molecular formula is C20H20FN3O6S. The van der Waals surface area contributed by atoms with Crippen LogP contribution in [0.15, 0.2) is 53.7 Å². The molecule has 0 saturated carbocycles. The summed E-state index contributed by atoms with van der Waals surface area (Å²) in [5, 5.41) is 4.05. The van der Waals surface area contributed by atoms with E-state index < -0.39 is 27.3 Å². The highest BCUT2D eigenvalue weighted by Gasteiger charge is 2.29. The predicted octanol–water partition coefficient (Wildman–Crippen LogP) is 2.21. The SMILES string of the molecule is COc1cccc(OC)c1S(=O)(=O)NC(=O)c1ccc(Cn2cccn2)c(OC)c1F. The number of nitrogens with one attached hydrogen (secondary N) is 1. The van der Waals surface area contributed by atoms with Gasteiger partial charge in [-0.3, -0.25) is 9.48 Å². The third-order valence-electron chi connectivity index (χ3n) is 4.40. The van der Waals surface area contributed by atoms with Gasteiger partial charge in [-0.2, -0.15) is 5.10 Å². The van der Waals surface area contributed by atoms with Crippen molar-refractivity contribution in [2.75, 3.05) is 21.3 Å². The fraction of sp³-hybridized carbons (Fsp3) is 0.200. The molecule has 0 spiro atoms. The number of carbonyl (C=O) groups is 1. The van der Waals surface area contributed by atoms with E-state index in [-0.39, 0.29) is 28.7 Å². The third kappa shape index (κ3) is 4.45. The second-order valence-electron chi connectivity index (χ2n) is 6.25. The molecule has 0 unspecified atom stereocenters. The molecule has 11 heteroatoms. The zero-order valence-electron chi connectivity index (χ0n) is 17.0. The third-order valence-corrected chi connectivity index (χ3v) is 5.79. The molecule has 9 nitrogen and oxygen atoms in total. The smallest absolute Gasteiger partial charge is 0.271 e. The van der Waals surface area contributed by atoms with Crippen LogP contribution in [0.1, 0.15) is 15.9 Å². The second kappa shape index (κ2) is 9.04. The van der Waals surface area contributed by atoms with E-state index in [0.717, 1.165) is 0 Å². The van der Waals surface area contributed by atoms with E-state index >= 15 is 4.39 Å². The van der Waals surface area contributed by atoms with Gasteiger partial charge in [-0.25, -0.2) is 17.5 Å². The Labute approximate surface area is 178 Å². The Balaban J connectivity index is 1.95. The molecule has 0 aliphatic heterocycles. The van der Waals surface area contributed by atoms with Crippen molar-refractivity contribution in [2.24, 2.45) is 0 Å². The van der Waals surface area contributed by atoms with Gasteiger partial charge in [0.2, 0.25) is 0 Å². The number of aromatic nitrogens is 2. The summed E-state index contributed by atoms with van der Waals surface area (Å²) >= 11 is 0. The molecule has 2 aromatic carbocycles. The first-order valence-corrected chi connectivity index (χ1v) is 10.4. The monoisotopic (exact) mass is 449 g/mol. The average Bonchev–Trinajstić information content (AvgIpc) is 3.26. The molecule has 3 rings (SSSR count). The predicted molar refractivity (Wildman–Crippen MR) is 108 cm³/mol. The number of hydrogen-bond donors (Lipinski definition) is 1. The standard InChI is InChI=1S/C20H20FN3O6S/c1-28-15-6-4-7-16(29-2)19(15)31(26,27)23-20(25)14-9-8-13(18(30-3)17(14)21)12-24-11-5-10-22-24/h4-11H,12H2,1-3H3,(H,23,25). The van der Waals surface area contributed by atoms with Gasteiger partial charge in [-0.15, -0.1) is 0 Å². The Morgan fingerprint density at radius 1 is 1.06 bits per heavy atom. The average molecular weight is 449 g/mol. The molecule has 1 N–H and O–H groups in total. The topological polar surface area (TPSA) is 109 Å². The summed E-state index contributed by atoms with van der Waals surface area (Å²) in [5.74, 6) is -2.42. The lowest BCUT2D eigenvalue weighted by molar-refractivity contribution is 0.0976. The highest BCUT2D eigenvalue weighted by Crippen LogP contribution is 2.33. The van der Waals surface area contributed by atoms with E-state index in [2.05, 4.69) is 5.10 Å². The van der Waals surface area contributed by atoms with Crippen molar-refractivity contribution in [1.29, 1.82) is 0 Å². The van der Waals surface area contributed by atoms with Crippen molar-refractivity contribution < 1.29 is 31.8 Å². The fourth-order valence-electron chi connectivity index (χ4n) is 3.00. The Kier molecular flexibility index (Phi) is 6.44. The molecule has 0 aliphatic carbocycles. The van der Waals surface area contributed by atoms with E-state index in [1.165, 1.54) is 51.7 Å². The van der Waals surface area contributed by atoms with Crippen LogP contribution in [0, 0.1) is 5.82 Å². The minimum atomic E-state index is -4.45. The lowest BCUT2D eigenvalue weighted by Crippen LogP contribution is -2.32. The second-order valence-corrected chi connectivity index (χ2v) is 7.87. The first-order valence-electron chi connectivity index (χ1n) is 8.93. The van der Waals surface area contributed by atoms with Crippen LogP contribution >= 0.6 is 0 Å². The van der Waals surface area contributed by atoms with Gasteiger partial charge in [0.1, 0.15) is 11.5 Å². The molecule has 1 heterocycles. The van der Waals surface area contributed by atoms with Crippen LogP contribution in [-0.4, -0.2) is 45.4 Å². The van der Waals surface area contributed by atoms with Crippen molar-refractivity contribution in [2.45, 2.75) is 11.4 Å². The summed E-state index contributed by atoms with van der Waals surface area (Å²) in [6.07, 6.45) is 3.26. The molecule has 0 fully saturated rings. The van der Waals surface area contributed by atoms with Crippen LogP contribution in [-0.2, 0) is 16.6 Å². The van der Waals surface area contributed by atoms with Crippen molar-refractivity contribution in [1.82, 2.24) is 14.5 Å². The van der Waals surface area contributed by atoms with Gasteiger partial charge in [0, 0.05) is 18.0 Å². The first-order chi connectivity index (χ1) is 14.8. The molecule has 0 radical (unpaired) electrons. The normalized spacial score (nSPS) is 11.1. The first kappa shape index (κ1) is 22.1. The Hall–Kier alpha value is -3.60. The largest absolute Gasteiger partial charge is 0.495 e. The zero-order valence-corrected chi connectivity index (χ0v) is 17.8. The van der Waals surface area contributed by atoms with Crippen LogP contribution < -0.4 is 18.9 Å². The van der Waals surface area contributed by atoms with Crippen LogP contribution in [0.2, 0.25) is 0 Å². The number of rotatable bonds is 8. The number of halogens is 1. The maximum absolute atomic E-state index is 15.0. The number of hydrogen-bond acceptors (Lipinski definition) is 7. The highest BCUT2D eigenvalue weighted by atomic mass is 32.2. The summed E-state index contributed by atoms with van der Waals surface area (Å²) in [6, 6.07) is 8.68. The van der Waals surface area contributed by atoms with E-state index in [1.807, 2.05) is 4.72 Å². The highest BCUT2D eigenvalue weighted by molar-refractivity contribution is 7.90. The van der Waals surface area contributed by atoms with Crippen molar-refractivity contribution in [3.05, 3.63) is 65.7 Å². The molecule has 0 bridgehead atoms. The van der Waals surface area contributed by atoms with Gasteiger partial charge in [0.15, 0.2) is 16.5 Å². The van der Waals surface area contributed by atoms with Gasteiger partial charge in [0.25, 0.3) is 15.9 Å². The molecule has 0 aliphatic rings. The Morgan fingerprint density at radius 2 is 1.74 bits per heavy atom. The van der Waals surface area contributed by atoms with Crippen molar-refractivity contribution in [3.63, 3.8) is 0 Å². The van der Waals surface area contributed by atoms with E-state index in [9.17, 15) is 13.2 Å². The Bertz CT molecular complexity index is 1170. The lowest BCUT2D eigenvalue weighted by Gasteiger charge is -2.15. The van der Waals surface area contributed by atoms with Crippen LogP contribution in [0.25, 0.3) is 0 Å². The maximum atomic E-state index is 15.0. The zero-order chi connectivity index (χ0) is 22.6. The van der Waals surface area contributed by atoms with Crippen molar-refractivity contribution in [3.8, 4) is 17.2 Å². The van der Waals surface area contributed by atoms with E-state index in [4.69, 9.17) is 14.2 Å². The summed E-state index contributed by atoms with van der Waals surface area (Å²) in [4.78, 5) is 12.3. The molecule has 1 aromatic heterocycles.